The van der Waals surface area contributed by atoms with E-state index in [1.165, 1.54) is 20.3 Å². The molecule has 0 aromatic heterocycles. The summed E-state index contributed by atoms with van der Waals surface area (Å²) in [7, 11) is 3.02. The highest BCUT2D eigenvalue weighted by Gasteiger charge is 2.25. The monoisotopic (exact) mass is 353 g/mol. The third-order valence-corrected chi connectivity index (χ3v) is 4.31. The Labute approximate surface area is 145 Å². The third kappa shape index (κ3) is 4.20. The number of benzene rings is 1. The topological polar surface area (TPSA) is 76.1 Å². The van der Waals surface area contributed by atoms with Gasteiger partial charge in [-0.15, -0.1) is 0 Å². The molecule has 1 aromatic rings. The molecule has 0 spiro atoms. The molecule has 1 saturated heterocycles. The summed E-state index contributed by atoms with van der Waals surface area (Å²) in [6.45, 7) is 0.902. The molecule has 0 radical (unpaired) electrons. The number of hydrogen-bond acceptors (Lipinski definition) is 4. The summed E-state index contributed by atoms with van der Waals surface area (Å²) in [4.78, 5) is 24.8. The normalized spacial score (nSPS) is 15.5. The zero-order valence-corrected chi connectivity index (χ0v) is 14.4. The number of carbonyl (C=O) groups excluding carboxylic acids is 1. The number of carbonyl (C=O) groups is 2. The third-order valence-electron chi connectivity index (χ3n) is 4.03. The average Bonchev–Trinajstić information content (AvgIpc) is 2.59. The number of nitrogens with zero attached hydrogens (tertiary/aromatic N) is 1. The van der Waals surface area contributed by atoms with Crippen molar-refractivity contribution in [3.63, 3.8) is 0 Å². The molecule has 6 nitrogen and oxygen atoms in total. The van der Waals surface area contributed by atoms with Gasteiger partial charge in [0.15, 0.2) is 11.5 Å². The molecule has 0 saturated carbocycles. The van der Waals surface area contributed by atoms with Crippen LogP contribution in [0.4, 0.5) is 0 Å². The Morgan fingerprint density at radius 3 is 2.46 bits per heavy atom. The molecule has 1 heterocycles. The van der Waals surface area contributed by atoms with E-state index in [9.17, 15) is 9.59 Å². The predicted octanol–water partition coefficient (Wildman–Crippen LogP) is 2.69. The molecule has 2 rings (SSSR count). The SMILES string of the molecule is COc1cc(/C=C\C(=O)N2CCC(C(=O)O)CC2)cc(Cl)c1OC. The van der Waals surface area contributed by atoms with Gasteiger partial charge in [-0.1, -0.05) is 11.6 Å². The summed E-state index contributed by atoms with van der Waals surface area (Å²) in [5, 5.41) is 9.38. The molecular weight excluding hydrogens is 334 g/mol. The molecule has 7 heteroatoms. The van der Waals surface area contributed by atoms with E-state index in [2.05, 4.69) is 0 Å². The van der Waals surface area contributed by atoms with Gasteiger partial charge in [-0.25, -0.2) is 0 Å². The van der Waals surface area contributed by atoms with E-state index in [0.717, 1.165) is 0 Å². The Hall–Kier alpha value is -2.21. The van der Waals surface area contributed by atoms with Crippen molar-refractivity contribution in [2.45, 2.75) is 12.8 Å². The summed E-state index contributed by atoms with van der Waals surface area (Å²) in [6.07, 6.45) is 4.08. The average molecular weight is 354 g/mol. The van der Waals surface area contributed by atoms with Gasteiger partial charge in [0.2, 0.25) is 5.91 Å². The molecule has 1 fully saturated rings. The number of rotatable bonds is 5. The van der Waals surface area contributed by atoms with Crippen molar-refractivity contribution in [3.8, 4) is 11.5 Å². The van der Waals surface area contributed by atoms with Crippen LogP contribution in [0, 0.1) is 5.92 Å². The summed E-state index contributed by atoms with van der Waals surface area (Å²) in [5.74, 6) is -0.372. The van der Waals surface area contributed by atoms with E-state index >= 15 is 0 Å². The second kappa shape index (κ2) is 8.06. The van der Waals surface area contributed by atoms with Gasteiger partial charge in [0, 0.05) is 19.2 Å². The lowest BCUT2D eigenvalue weighted by atomic mass is 9.97. The molecule has 1 aromatic carbocycles. The number of amides is 1. The van der Waals surface area contributed by atoms with Gasteiger partial charge < -0.3 is 19.5 Å². The number of halogens is 1. The number of piperidine rings is 1. The molecule has 1 aliphatic heterocycles. The van der Waals surface area contributed by atoms with Crippen LogP contribution in [0.3, 0.4) is 0 Å². The number of ether oxygens (including phenoxy) is 2. The molecule has 0 atom stereocenters. The summed E-state index contributed by atoms with van der Waals surface area (Å²) in [5.41, 5.74) is 0.714. The quantitative estimate of drug-likeness (QED) is 0.824. The maximum Gasteiger partial charge on any atom is 0.306 e. The van der Waals surface area contributed by atoms with Crippen LogP contribution in [0.5, 0.6) is 11.5 Å². The minimum atomic E-state index is -0.794. The standard InChI is InChI=1S/C17H20ClNO5/c1-23-14-10-11(9-13(18)16(14)24-2)3-4-15(20)19-7-5-12(6-8-19)17(21)22/h3-4,9-10,12H,5-8H2,1-2H3,(H,21,22)/b4-3-. The molecule has 0 aliphatic carbocycles. The van der Waals surface area contributed by atoms with Crippen molar-refractivity contribution in [3.05, 3.63) is 28.8 Å². The Morgan fingerprint density at radius 2 is 1.92 bits per heavy atom. The van der Waals surface area contributed by atoms with E-state index in [-0.39, 0.29) is 11.8 Å². The van der Waals surface area contributed by atoms with Gasteiger partial charge in [0.25, 0.3) is 0 Å². The van der Waals surface area contributed by atoms with Crippen LogP contribution in [0.25, 0.3) is 6.08 Å². The van der Waals surface area contributed by atoms with Crippen molar-refractivity contribution in [2.24, 2.45) is 5.92 Å². The lowest BCUT2D eigenvalue weighted by molar-refractivity contribution is -0.144. The van der Waals surface area contributed by atoms with E-state index in [0.29, 0.717) is 48.0 Å². The van der Waals surface area contributed by atoms with E-state index in [1.54, 1.807) is 23.1 Å². The summed E-state index contributed by atoms with van der Waals surface area (Å²) in [6, 6.07) is 3.41. The lowest BCUT2D eigenvalue weighted by Crippen LogP contribution is -2.39. The van der Waals surface area contributed by atoms with E-state index in [4.69, 9.17) is 26.2 Å². The lowest BCUT2D eigenvalue weighted by Gasteiger charge is -2.29. The molecular formula is C17H20ClNO5. The minimum absolute atomic E-state index is 0.148. The fraction of sp³-hybridized carbons (Fsp3) is 0.412. The summed E-state index contributed by atoms with van der Waals surface area (Å²) >= 11 is 6.13. The van der Waals surface area contributed by atoms with Crippen molar-refractivity contribution < 1.29 is 24.2 Å². The number of hydrogen-bond donors (Lipinski definition) is 1. The Bertz CT molecular complexity index is 651. The minimum Gasteiger partial charge on any atom is -0.493 e. The van der Waals surface area contributed by atoms with Crippen LogP contribution in [0.1, 0.15) is 18.4 Å². The fourth-order valence-electron chi connectivity index (χ4n) is 2.65. The number of methoxy groups -OCH3 is 2. The second-order valence-corrected chi connectivity index (χ2v) is 5.92. The van der Waals surface area contributed by atoms with Crippen LogP contribution >= 0.6 is 11.6 Å². The molecule has 24 heavy (non-hydrogen) atoms. The van der Waals surface area contributed by atoms with Crippen molar-refractivity contribution in [1.29, 1.82) is 0 Å². The first-order valence-corrected chi connectivity index (χ1v) is 7.95. The molecule has 0 bridgehead atoms. The van der Waals surface area contributed by atoms with Crippen LogP contribution in [0.15, 0.2) is 18.2 Å². The number of aliphatic carboxylic acids is 1. The molecule has 1 amide bonds. The van der Waals surface area contributed by atoms with Crippen LogP contribution in [0.2, 0.25) is 5.02 Å². The highest BCUT2D eigenvalue weighted by atomic mass is 35.5. The van der Waals surface area contributed by atoms with Gasteiger partial charge >= 0.3 is 5.97 Å². The van der Waals surface area contributed by atoms with Gasteiger partial charge in [0.05, 0.1) is 25.2 Å². The first-order valence-electron chi connectivity index (χ1n) is 7.57. The first-order chi connectivity index (χ1) is 11.5. The van der Waals surface area contributed by atoms with Gasteiger partial charge in [0.1, 0.15) is 0 Å². The number of carboxylic acid groups (broad SMARTS) is 1. The molecule has 130 valence electrons. The molecule has 0 unspecified atom stereocenters. The smallest absolute Gasteiger partial charge is 0.306 e. The Kier molecular flexibility index (Phi) is 6.09. The molecule has 1 aliphatic rings. The van der Waals surface area contributed by atoms with Gasteiger partial charge in [-0.3, -0.25) is 9.59 Å². The number of likely N-dealkylation sites (tertiary alicyclic amines) is 1. The van der Waals surface area contributed by atoms with E-state index in [1.807, 2.05) is 0 Å². The van der Waals surface area contributed by atoms with Crippen molar-refractivity contribution in [1.82, 2.24) is 4.90 Å². The van der Waals surface area contributed by atoms with Crippen LogP contribution < -0.4 is 9.47 Å². The van der Waals surface area contributed by atoms with Crippen LogP contribution in [-0.2, 0) is 9.59 Å². The predicted molar refractivity (Wildman–Crippen MR) is 90.5 cm³/mol. The Morgan fingerprint density at radius 1 is 1.25 bits per heavy atom. The zero-order valence-electron chi connectivity index (χ0n) is 13.6. The second-order valence-electron chi connectivity index (χ2n) is 5.51. The van der Waals surface area contributed by atoms with E-state index < -0.39 is 5.97 Å². The maximum atomic E-state index is 12.2. The van der Waals surface area contributed by atoms with Crippen molar-refractivity contribution in [2.75, 3.05) is 27.3 Å². The highest BCUT2D eigenvalue weighted by Crippen LogP contribution is 2.36. The number of carboxylic acids is 1. The summed E-state index contributed by atoms with van der Waals surface area (Å²) < 4.78 is 10.4. The van der Waals surface area contributed by atoms with Gasteiger partial charge in [-0.2, -0.15) is 0 Å². The van der Waals surface area contributed by atoms with Crippen LogP contribution in [-0.4, -0.2) is 49.2 Å². The van der Waals surface area contributed by atoms with Gasteiger partial charge in [-0.05, 0) is 36.6 Å². The highest BCUT2D eigenvalue weighted by molar-refractivity contribution is 6.32. The zero-order chi connectivity index (χ0) is 17.7. The largest absolute Gasteiger partial charge is 0.493 e. The maximum absolute atomic E-state index is 12.2. The molecule has 1 N–H and O–H groups in total. The fourth-order valence-corrected chi connectivity index (χ4v) is 2.95. The van der Waals surface area contributed by atoms with Crippen molar-refractivity contribution >= 4 is 29.6 Å². The first kappa shape index (κ1) is 18.1. The Balaban J connectivity index is 2.04.